The fourth-order valence-corrected chi connectivity index (χ4v) is 4.87. The third kappa shape index (κ3) is 4.45. The number of anilines is 2. The van der Waals surface area contributed by atoms with Crippen molar-refractivity contribution in [3.63, 3.8) is 0 Å². The van der Waals surface area contributed by atoms with Gasteiger partial charge in [-0.2, -0.15) is 0 Å². The molecule has 0 heterocycles. The Hall–Kier alpha value is -1.33. The van der Waals surface area contributed by atoms with E-state index in [-0.39, 0.29) is 20.5 Å². The number of hydrogen-bond acceptors (Lipinski definition) is 5. The molecule has 0 aliphatic heterocycles. The monoisotopic (exact) mass is 467 g/mol. The van der Waals surface area contributed by atoms with Crippen molar-refractivity contribution in [1.82, 2.24) is 4.72 Å². The van der Waals surface area contributed by atoms with Gasteiger partial charge in [-0.05, 0) is 43.4 Å². The molecule has 2 aromatic rings. The molecule has 2 aromatic carbocycles. The molecule has 2 rings (SSSR count). The number of hydrogen-bond donors (Lipinski definition) is 3. The lowest BCUT2D eigenvalue weighted by atomic mass is 10.3. The van der Waals surface area contributed by atoms with Crippen LogP contribution in [0.2, 0.25) is 5.02 Å². The van der Waals surface area contributed by atoms with Crippen molar-refractivity contribution >= 4 is 59.0 Å². The van der Waals surface area contributed by atoms with Gasteiger partial charge >= 0.3 is 0 Å². The molecule has 11 heteroatoms. The van der Waals surface area contributed by atoms with E-state index in [0.717, 1.165) is 0 Å². The SMILES string of the molecule is CNc1ccc(S(=O)(=O)NC)cc1NS(=O)(=O)c1ccc(Br)cc1Cl. The molecule has 0 aromatic heterocycles. The lowest BCUT2D eigenvalue weighted by molar-refractivity contribution is 0.588. The maximum absolute atomic E-state index is 12.6. The molecule has 0 spiro atoms. The highest BCUT2D eigenvalue weighted by atomic mass is 79.9. The molecular weight excluding hydrogens is 454 g/mol. The quantitative estimate of drug-likeness (QED) is 0.605. The first-order chi connectivity index (χ1) is 11.6. The predicted octanol–water partition coefficient (Wildman–Crippen LogP) is 2.85. The van der Waals surface area contributed by atoms with Crippen molar-refractivity contribution in [2.75, 3.05) is 24.1 Å². The standard InChI is InChI=1S/C14H15BrClN3O4S2/c1-17-12-5-4-10(24(20,21)18-2)8-13(12)19-25(22,23)14-6-3-9(15)7-11(14)16/h3-8,17-19H,1-2H3. The minimum atomic E-state index is -4.02. The topological polar surface area (TPSA) is 104 Å². The molecule has 0 saturated carbocycles. The van der Waals surface area contributed by atoms with E-state index in [4.69, 9.17) is 11.6 Å². The minimum Gasteiger partial charge on any atom is -0.386 e. The highest BCUT2D eigenvalue weighted by molar-refractivity contribution is 9.10. The summed E-state index contributed by atoms with van der Waals surface area (Å²) in [5.41, 5.74) is 0.490. The fourth-order valence-electron chi connectivity index (χ4n) is 2.00. The maximum Gasteiger partial charge on any atom is 0.263 e. The Morgan fingerprint density at radius 3 is 2.16 bits per heavy atom. The Labute approximate surface area is 160 Å². The number of rotatable bonds is 6. The van der Waals surface area contributed by atoms with Gasteiger partial charge in [0.15, 0.2) is 0 Å². The zero-order chi connectivity index (χ0) is 18.8. The predicted molar refractivity (Wildman–Crippen MR) is 102 cm³/mol. The van der Waals surface area contributed by atoms with E-state index in [1.54, 1.807) is 13.1 Å². The lowest BCUT2D eigenvalue weighted by Gasteiger charge is -2.15. The van der Waals surface area contributed by atoms with Crippen molar-refractivity contribution in [3.05, 3.63) is 45.9 Å². The second kappa shape index (κ2) is 7.50. The smallest absolute Gasteiger partial charge is 0.263 e. The summed E-state index contributed by atoms with van der Waals surface area (Å²) in [5, 5.41) is 2.84. The van der Waals surface area contributed by atoms with E-state index in [1.165, 1.54) is 37.4 Å². The van der Waals surface area contributed by atoms with Gasteiger partial charge in [-0.3, -0.25) is 4.72 Å². The molecule has 25 heavy (non-hydrogen) atoms. The van der Waals surface area contributed by atoms with Gasteiger partial charge in [-0.1, -0.05) is 27.5 Å². The van der Waals surface area contributed by atoms with E-state index in [1.807, 2.05) is 0 Å². The van der Waals surface area contributed by atoms with Crippen molar-refractivity contribution in [2.45, 2.75) is 9.79 Å². The largest absolute Gasteiger partial charge is 0.386 e. The summed E-state index contributed by atoms with van der Waals surface area (Å²) in [6.07, 6.45) is 0. The Morgan fingerprint density at radius 2 is 1.60 bits per heavy atom. The second-order valence-electron chi connectivity index (χ2n) is 4.85. The summed E-state index contributed by atoms with van der Waals surface area (Å²) in [6, 6.07) is 8.40. The van der Waals surface area contributed by atoms with Crippen LogP contribution >= 0.6 is 27.5 Å². The zero-order valence-corrected chi connectivity index (χ0v) is 17.1. The Bertz CT molecular complexity index is 1010. The summed E-state index contributed by atoms with van der Waals surface area (Å²) in [6.45, 7) is 0. The van der Waals surface area contributed by atoms with Crippen LogP contribution in [0.5, 0.6) is 0 Å². The highest BCUT2D eigenvalue weighted by Gasteiger charge is 2.21. The Balaban J connectivity index is 2.52. The summed E-state index contributed by atoms with van der Waals surface area (Å²) in [4.78, 5) is -0.199. The molecule has 0 fully saturated rings. The first-order valence-electron chi connectivity index (χ1n) is 6.84. The average molecular weight is 469 g/mol. The molecule has 0 aliphatic rings. The zero-order valence-electron chi connectivity index (χ0n) is 13.2. The van der Waals surface area contributed by atoms with Gasteiger partial charge in [-0.25, -0.2) is 21.6 Å². The van der Waals surface area contributed by atoms with Crippen LogP contribution in [-0.2, 0) is 20.0 Å². The van der Waals surface area contributed by atoms with Gasteiger partial charge in [0.25, 0.3) is 10.0 Å². The van der Waals surface area contributed by atoms with E-state index in [0.29, 0.717) is 10.2 Å². The first-order valence-corrected chi connectivity index (χ1v) is 11.0. The maximum atomic E-state index is 12.6. The average Bonchev–Trinajstić information content (AvgIpc) is 2.54. The summed E-state index contributed by atoms with van der Waals surface area (Å²) < 4.78 is 54.3. The molecular formula is C14H15BrClN3O4S2. The molecule has 0 amide bonds. The third-order valence-electron chi connectivity index (χ3n) is 3.27. The van der Waals surface area contributed by atoms with Crippen LogP contribution in [0.4, 0.5) is 11.4 Å². The minimum absolute atomic E-state index is 0.0342. The van der Waals surface area contributed by atoms with Crippen LogP contribution in [0.3, 0.4) is 0 Å². The Kier molecular flexibility index (Phi) is 6.00. The number of sulfonamides is 2. The molecule has 3 N–H and O–H groups in total. The van der Waals surface area contributed by atoms with Crippen molar-refractivity contribution in [3.8, 4) is 0 Å². The van der Waals surface area contributed by atoms with Crippen LogP contribution in [0, 0.1) is 0 Å². The van der Waals surface area contributed by atoms with Crippen molar-refractivity contribution in [2.24, 2.45) is 0 Å². The van der Waals surface area contributed by atoms with Crippen molar-refractivity contribution in [1.29, 1.82) is 0 Å². The molecule has 7 nitrogen and oxygen atoms in total. The summed E-state index contributed by atoms with van der Waals surface area (Å²) in [5.74, 6) is 0. The van der Waals surface area contributed by atoms with Gasteiger partial charge < -0.3 is 5.32 Å². The molecule has 0 radical (unpaired) electrons. The van der Waals surface area contributed by atoms with Gasteiger partial charge in [-0.15, -0.1) is 0 Å². The number of halogens is 2. The lowest BCUT2D eigenvalue weighted by Crippen LogP contribution is -2.20. The summed E-state index contributed by atoms with van der Waals surface area (Å²) in [7, 11) is -4.89. The number of benzene rings is 2. The van der Waals surface area contributed by atoms with Crippen LogP contribution in [-0.4, -0.2) is 30.9 Å². The van der Waals surface area contributed by atoms with E-state index >= 15 is 0 Å². The molecule has 0 atom stereocenters. The van der Waals surface area contributed by atoms with Crippen molar-refractivity contribution < 1.29 is 16.8 Å². The Morgan fingerprint density at radius 1 is 0.920 bits per heavy atom. The first kappa shape index (κ1) is 20.0. The normalized spacial score (nSPS) is 12.0. The number of nitrogens with one attached hydrogen (secondary N) is 3. The molecule has 0 bridgehead atoms. The van der Waals surface area contributed by atoms with Gasteiger partial charge in [0, 0.05) is 11.5 Å². The van der Waals surface area contributed by atoms with Gasteiger partial charge in [0.05, 0.1) is 21.3 Å². The van der Waals surface area contributed by atoms with E-state index < -0.39 is 20.0 Å². The van der Waals surface area contributed by atoms with Crippen LogP contribution in [0.1, 0.15) is 0 Å². The van der Waals surface area contributed by atoms with Crippen LogP contribution in [0.15, 0.2) is 50.7 Å². The van der Waals surface area contributed by atoms with E-state index in [2.05, 4.69) is 30.7 Å². The van der Waals surface area contributed by atoms with E-state index in [9.17, 15) is 16.8 Å². The molecule has 0 saturated heterocycles. The van der Waals surface area contributed by atoms with Crippen LogP contribution in [0.25, 0.3) is 0 Å². The highest BCUT2D eigenvalue weighted by Crippen LogP contribution is 2.30. The van der Waals surface area contributed by atoms with Gasteiger partial charge in [0.1, 0.15) is 4.90 Å². The fraction of sp³-hybridized carbons (Fsp3) is 0.143. The summed E-state index contributed by atoms with van der Waals surface area (Å²) >= 11 is 9.22. The van der Waals surface area contributed by atoms with Gasteiger partial charge in [0.2, 0.25) is 10.0 Å². The third-order valence-corrected chi connectivity index (χ3v) is 7.02. The molecule has 0 unspecified atom stereocenters. The molecule has 0 aliphatic carbocycles. The van der Waals surface area contributed by atoms with Crippen LogP contribution < -0.4 is 14.8 Å². The molecule has 136 valence electrons. The second-order valence-corrected chi connectivity index (χ2v) is 9.71.